The molecule has 0 aromatic carbocycles. The molecular formula is C12H19N3O. The van der Waals surface area contributed by atoms with Gasteiger partial charge in [0.15, 0.2) is 0 Å². The molecule has 3 N–H and O–H groups in total. The second kappa shape index (κ2) is 5.61. The fourth-order valence-corrected chi connectivity index (χ4v) is 1.58. The largest absolute Gasteiger partial charge is 0.368 e. The lowest BCUT2D eigenvalue weighted by Gasteiger charge is -2.18. The molecule has 1 rings (SSSR count). The van der Waals surface area contributed by atoms with Gasteiger partial charge < -0.3 is 5.73 Å². The summed E-state index contributed by atoms with van der Waals surface area (Å²) in [6.45, 7) is 6.43. The van der Waals surface area contributed by atoms with Crippen LogP contribution in [0.1, 0.15) is 25.2 Å². The lowest BCUT2D eigenvalue weighted by atomic mass is 10.0. The molecule has 0 radical (unpaired) electrons. The molecule has 1 heterocycles. The van der Waals surface area contributed by atoms with E-state index in [-0.39, 0.29) is 17.9 Å². The molecule has 1 amide bonds. The summed E-state index contributed by atoms with van der Waals surface area (Å²) in [6, 6.07) is 5.52. The topological polar surface area (TPSA) is 68.0 Å². The normalized spacial score (nSPS) is 12.8. The van der Waals surface area contributed by atoms with Gasteiger partial charge in [0, 0.05) is 12.2 Å². The Morgan fingerprint density at radius 1 is 1.50 bits per heavy atom. The van der Waals surface area contributed by atoms with Gasteiger partial charge in [-0.3, -0.25) is 15.1 Å². The summed E-state index contributed by atoms with van der Waals surface area (Å²) in [5.74, 6) is -0.134. The Kier molecular flexibility index (Phi) is 4.43. The van der Waals surface area contributed by atoms with Crippen LogP contribution in [0.2, 0.25) is 0 Å². The predicted molar refractivity (Wildman–Crippen MR) is 63.6 cm³/mol. The Balaban J connectivity index is 2.59. The van der Waals surface area contributed by atoms with Crippen LogP contribution in [-0.2, 0) is 11.3 Å². The highest BCUT2D eigenvalue weighted by atomic mass is 16.1. The zero-order valence-electron chi connectivity index (χ0n) is 10.0. The lowest BCUT2D eigenvalue weighted by Crippen LogP contribution is -2.44. The van der Waals surface area contributed by atoms with Crippen LogP contribution in [0.3, 0.4) is 0 Å². The first-order chi connectivity index (χ1) is 7.50. The minimum atomic E-state index is -0.317. The summed E-state index contributed by atoms with van der Waals surface area (Å²) in [4.78, 5) is 15.5. The Morgan fingerprint density at radius 2 is 2.19 bits per heavy atom. The molecule has 1 aromatic heterocycles. The molecule has 0 fully saturated rings. The zero-order chi connectivity index (χ0) is 12.1. The molecule has 0 aliphatic rings. The van der Waals surface area contributed by atoms with Crippen molar-refractivity contribution in [2.24, 2.45) is 11.7 Å². The highest BCUT2D eigenvalue weighted by molar-refractivity contribution is 5.80. The van der Waals surface area contributed by atoms with Crippen LogP contribution < -0.4 is 11.1 Å². The second-order valence-electron chi connectivity index (χ2n) is 4.28. The molecule has 4 heteroatoms. The van der Waals surface area contributed by atoms with Gasteiger partial charge in [-0.25, -0.2) is 0 Å². The van der Waals surface area contributed by atoms with E-state index in [1.54, 1.807) is 0 Å². The van der Waals surface area contributed by atoms with E-state index in [0.29, 0.717) is 6.54 Å². The average Bonchev–Trinajstić information content (AvgIpc) is 2.16. The van der Waals surface area contributed by atoms with Crippen LogP contribution in [0.15, 0.2) is 18.2 Å². The maximum Gasteiger partial charge on any atom is 0.234 e. The summed E-state index contributed by atoms with van der Waals surface area (Å²) in [5, 5.41) is 3.13. The molecule has 0 aliphatic carbocycles. The van der Waals surface area contributed by atoms with E-state index in [2.05, 4.69) is 10.3 Å². The number of aryl methyl sites for hydroxylation is 1. The summed E-state index contributed by atoms with van der Waals surface area (Å²) >= 11 is 0. The number of nitrogens with zero attached hydrogens (tertiary/aromatic N) is 1. The first-order valence-corrected chi connectivity index (χ1v) is 5.46. The number of carbonyl (C=O) groups is 1. The number of amides is 1. The van der Waals surface area contributed by atoms with Gasteiger partial charge in [0.2, 0.25) is 5.91 Å². The summed E-state index contributed by atoms with van der Waals surface area (Å²) in [6.07, 6.45) is 0. The van der Waals surface area contributed by atoms with Crippen LogP contribution >= 0.6 is 0 Å². The van der Waals surface area contributed by atoms with E-state index >= 15 is 0 Å². The third-order valence-corrected chi connectivity index (χ3v) is 2.42. The monoisotopic (exact) mass is 221 g/mol. The molecule has 16 heavy (non-hydrogen) atoms. The van der Waals surface area contributed by atoms with Crippen molar-refractivity contribution in [3.63, 3.8) is 0 Å². The number of hydrogen-bond donors (Lipinski definition) is 2. The molecule has 1 atom stereocenters. The number of nitrogens with two attached hydrogens (primary N) is 1. The van der Waals surface area contributed by atoms with Crippen LogP contribution in [-0.4, -0.2) is 16.9 Å². The number of aromatic nitrogens is 1. The molecule has 1 aromatic rings. The molecule has 4 nitrogen and oxygen atoms in total. The third kappa shape index (κ3) is 3.62. The predicted octanol–water partition coefficient (Wildman–Crippen LogP) is 0.990. The van der Waals surface area contributed by atoms with Crippen molar-refractivity contribution in [1.82, 2.24) is 10.3 Å². The highest BCUT2D eigenvalue weighted by Crippen LogP contribution is 2.03. The van der Waals surface area contributed by atoms with Crippen molar-refractivity contribution in [3.8, 4) is 0 Å². The summed E-state index contributed by atoms with van der Waals surface area (Å²) < 4.78 is 0. The average molecular weight is 221 g/mol. The van der Waals surface area contributed by atoms with Gasteiger partial charge in [-0.2, -0.15) is 0 Å². The molecule has 0 bridgehead atoms. The van der Waals surface area contributed by atoms with Crippen LogP contribution in [0, 0.1) is 12.8 Å². The second-order valence-corrected chi connectivity index (χ2v) is 4.28. The van der Waals surface area contributed by atoms with E-state index in [1.165, 1.54) is 0 Å². The molecule has 1 unspecified atom stereocenters. The zero-order valence-corrected chi connectivity index (χ0v) is 10.0. The number of rotatable bonds is 5. The summed E-state index contributed by atoms with van der Waals surface area (Å²) in [5.41, 5.74) is 7.20. The van der Waals surface area contributed by atoms with Crippen LogP contribution in [0.4, 0.5) is 0 Å². The van der Waals surface area contributed by atoms with E-state index in [9.17, 15) is 4.79 Å². The molecular weight excluding hydrogens is 202 g/mol. The standard InChI is InChI=1S/C12H19N3O/c1-8(2)11(12(13)16)14-7-10-6-4-5-9(3)15-10/h4-6,8,11,14H,7H2,1-3H3,(H2,13,16). The Labute approximate surface area is 96.3 Å². The quantitative estimate of drug-likeness (QED) is 0.779. The first-order valence-electron chi connectivity index (χ1n) is 5.46. The number of carbonyl (C=O) groups excluding carboxylic acids is 1. The highest BCUT2D eigenvalue weighted by Gasteiger charge is 2.18. The number of primary amides is 1. The number of nitrogens with one attached hydrogen (secondary N) is 1. The van der Waals surface area contributed by atoms with Crippen molar-refractivity contribution in [2.75, 3.05) is 0 Å². The van der Waals surface area contributed by atoms with Crippen molar-refractivity contribution >= 4 is 5.91 Å². The van der Waals surface area contributed by atoms with Crippen molar-refractivity contribution in [2.45, 2.75) is 33.4 Å². The van der Waals surface area contributed by atoms with Crippen LogP contribution in [0.5, 0.6) is 0 Å². The van der Waals surface area contributed by atoms with E-state index < -0.39 is 0 Å². The van der Waals surface area contributed by atoms with Gasteiger partial charge in [-0.1, -0.05) is 19.9 Å². The minimum absolute atomic E-state index is 0.183. The molecule has 0 saturated carbocycles. The maximum atomic E-state index is 11.2. The number of hydrogen-bond acceptors (Lipinski definition) is 3. The molecule has 0 saturated heterocycles. The van der Waals surface area contributed by atoms with Gasteiger partial charge >= 0.3 is 0 Å². The van der Waals surface area contributed by atoms with Crippen molar-refractivity contribution < 1.29 is 4.79 Å². The molecule has 88 valence electrons. The van der Waals surface area contributed by atoms with Gasteiger partial charge in [0.25, 0.3) is 0 Å². The molecule has 0 spiro atoms. The van der Waals surface area contributed by atoms with Crippen molar-refractivity contribution in [1.29, 1.82) is 0 Å². The lowest BCUT2D eigenvalue weighted by molar-refractivity contribution is -0.121. The van der Waals surface area contributed by atoms with Crippen LogP contribution in [0.25, 0.3) is 0 Å². The first kappa shape index (κ1) is 12.6. The smallest absolute Gasteiger partial charge is 0.234 e. The van der Waals surface area contributed by atoms with E-state index in [0.717, 1.165) is 11.4 Å². The Hall–Kier alpha value is -1.42. The van der Waals surface area contributed by atoms with Gasteiger partial charge in [0.1, 0.15) is 0 Å². The maximum absolute atomic E-state index is 11.2. The number of pyridine rings is 1. The van der Waals surface area contributed by atoms with Gasteiger partial charge in [-0.05, 0) is 25.0 Å². The van der Waals surface area contributed by atoms with E-state index in [4.69, 9.17) is 5.73 Å². The van der Waals surface area contributed by atoms with Crippen molar-refractivity contribution in [3.05, 3.63) is 29.6 Å². The summed E-state index contributed by atoms with van der Waals surface area (Å²) in [7, 11) is 0. The Morgan fingerprint density at radius 3 is 2.69 bits per heavy atom. The third-order valence-electron chi connectivity index (χ3n) is 2.42. The molecule has 0 aliphatic heterocycles. The van der Waals surface area contributed by atoms with Gasteiger partial charge in [0.05, 0.1) is 11.7 Å². The van der Waals surface area contributed by atoms with E-state index in [1.807, 2.05) is 39.0 Å². The van der Waals surface area contributed by atoms with Gasteiger partial charge in [-0.15, -0.1) is 0 Å². The Bertz CT molecular complexity index is 363. The fraction of sp³-hybridized carbons (Fsp3) is 0.500. The minimum Gasteiger partial charge on any atom is -0.368 e. The SMILES string of the molecule is Cc1cccc(CNC(C(N)=O)C(C)C)n1. The fourth-order valence-electron chi connectivity index (χ4n) is 1.58.